The molecule has 0 N–H and O–H groups in total. The van der Waals surface area contributed by atoms with Crippen molar-refractivity contribution in [2.45, 2.75) is 30.8 Å². The molecule has 3 aromatic rings. The largest absolute Gasteiger partial charge is 0.440 e. The number of ether oxygens (including phenoxy) is 1. The lowest BCUT2D eigenvalue weighted by molar-refractivity contribution is -0.137. The van der Waals surface area contributed by atoms with Crippen molar-refractivity contribution in [2.24, 2.45) is 7.05 Å². The topological polar surface area (TPSA) is 69.2 Å². The Balaban J connectivity index is 1.26. The van der Waals surface area contributed by atoms with Crippen molar-refractivity contribution >= 4 is 11.8 Å². The van der Waals surface area contributed by atoms with E-state index in [1.165, 1.54) is 18.5 Å². The molecule has 1 fully saturated rings. The van der Waals surface area contributed by atoms with E-state index in [4.69, 9.17) is 9.15 Å². The molecule has 0 saturated carbocycles. The van der Waals surface area contributed by atoms with Crippen molar-refractivity contribution in [3.63, 3.8) is 0 Å². The molecule has 0 aliphatic carbocycles. The third kappa shape index (κ3) is 5.16. The number of aryl methyl sites for hydroxylation is 1. The Morgan fingerprint density at radius 1 is 1.19 bits per heavy atom. The lowest BCUT2D eigenvalue weighted by Crippen LogP contribution is -2.39. The Morgan fingerprint density at radius 3 is 2.66 bits per heavy atom. The fourth-order valence-electron chi connectivity index (χ4n) is 3.60. The molecular formula is C21H24F3N5O2S. The number of oxazole rings is 1. The number of aromatic nitrogens is 4. The van der Waals surface area contributed by atoms with E-state index in [0.29, 0.717) is 24.7 Å². The standard InChI is InChI=1S/C21H24F3N5O2S/c1-14-18(31-13-25-14)19-26-27-20(28(19)2)32-11-3-8-29-9-10-30-17(12-29)15-4-6-16(7-5-15)21(22,23)24/h4-7,13,17H,3,8-12H2,1-2H3/t17-/m0/s1. The van der Waals surface area contributed by atoms with E-state index in [1.54, 1.807) is 11.8 Å². The van der Waals surface area contributed by atoms with Gasteiger partial charge in [-0.25, -0.2) is 4.98 Å². The fourth-order valence-corrected chi connectivity index (χ4v) is 4.44. The van der Waals surface area contributed by atoms with Crippen LogP contribution in [0.2, 0.25) is 0 Å². The summed E-state index contributed by atoms with van der Waals surface area (Å²) in [6.07, 6.45) is -2.21. The van der Waals surface area contributed by atoms with Crippen molar-refractivity contribution in [1.29, 1.82) is 0 Å². The van der Waals surface area contributed by atoms with Gasteiger partial charge < -0.3 is 13.7 Å². The monoisotopic (exact) mass is 467 g/mol. The molecule has 172 valence electrons. The molecule has 4 rings (SSSR count). The summed E-state index contributed by atoms with van der Waals surface area (Å²) >= 11 is 1.62. The second kappa shape index (κ2) is 9.63. The van der Waals surface area contributed by atoms with Gasteiger partial charge in [0.15, 0.2) is 17.3 Å². The minimum Gasteiger partial charge on any atom is -0.440 e. The SMILES string of the molecule is Cc1ncoc1-c1nnc(SCCCN2CCO[C@H](c3ccc(C(F)(F)F)cc3)C2)n1C. The van der Waals surface area contributed by atoms with Gasteiger partial charge >= 0.3 is 6.18 Å². The van der Waals surface area contributed by atoms with Crippen LogP contribution in [0, 0.1) is 6.92 Å². The normalized spacial score (nSPS) is 17.7. The molecule has 32 heavy (non-hydrogen) atoms. The van der Waals surface area contributed by atoms with Crippen LogP contribution in [0.1, 0.15) is 29.3 Å². The molecular weight excluding hydrogens is 443 g/mol. The maximum absolute atomic E-state index is 12.8. The smallest absolute Gasteiger partial charge is 0.416 e. The number of hydrogen-bond acceptors (Lipinski definition) is 7. The van der Waals surface area contributed by atoms with Gasteiger partial charge in [0.25, 0.3) is 0 Å². The van der Waals surface area contributed by atoms with Gasteiger partial charge in [-0.05, 0) is 37.6 Å². The fraction of sp³-hybridized carbons (Fsp3) is 0.476. The zero-order valence-electron chi connectivity index (χ0n) is 17.8. The van der Waals surface area contributed by atoms with Crippen LogP contribution >= 0.6 is 11.8 Å². The molecule has 7 nitrogen and oxygen atoms in total. The number of morpholine rings is 1. The highest BCUT2D eigenvalue weighted by molar-refractivity contribution is 7.99. The first-order chi connectivity index (χ1) is 15.3. The predicted molar refractivity (Wildman–Crippen MR) is 113 cm³/mol. The Kier molecular flexibility index (Phi) is 6.87. The zero-order valence-corrected chi connectivity index (χ0v) is 18.6. The Morgan fingerprint density at radius 2 is 1.97 bits per heavy atom. The summed E-state index contributed by atoms with van der Waals surface area (Å²) < 4.78 is 51.4. The molecule has 0 radical (unpaired) electrons. The molecule has 1 aliphatic heterocycles. The van der Waals surface area contributed by atoms with Gasteiger partial charge in [-0.15, -0.1) is 10.2 Å². The van der Waals surface area contributed by atoms with Crippen molar-refractivity contribution in [2.75, 3.05) is 32.0 Å². The van der Waals surface area contributed by atoms with Crippen LogP contribution in [0.15, 0.2) is 40.2 Å². The molecule has 0 unspecified atom stereocenters. The summed E-state index contributed by atoms with van der Waals surface area (Å²) in [4.78, 5) is 6.38. The molecule has 1 saturated heterocycles. The number of hydrogen-bond donors (Lipinski definition) is 0. The highest BCUT2D eigenvalue weighted by Gasteiger charge is 2.30. The molecule has 1 aromatic carbocycles. The van der Waals surface area contributed by atoms with Crippen molar-refractivity contribution in [3.8, 4) is 11.6 Å². The number of alkyl halides is 3. The van der Waals surface area contributed by atoms with E-state index in [9.17, 15) is 13.2 Å². The minimum atomic E-state index is -4.33. The number of nitrogens with zero attached hydrogens (tertiary/aromatic N) is 5. The van der Waals surface area contributed by atoms with Gasteiger partial charge in [-0.3, -0.25) is 4.90 Å². The van der Waals surface area contributed by atoms with Gasteiger partial charge in [0.05, 0.1) is 24.0 Å². The Bertz CT molecular complexity index is 1030. The molecule has 0 spiro atoms. The number of rotatable bonds is 7. The summed E-state index contributed by atoms with van der Waals surface area (Å²) in [6.45, 7) is 4.76. The minimum absolute atomic E-state index is 0.217. The second-order valence-corrected chi connectivity index (χ2v) is 8.68. The maximum Gasteiger partial charge on any atom is 0.416 e. The Labute approximate surface area is 188 Å². The van der Waals surface area contributed by atoms with E-state index in [2.05, 4.69) is 20.1 Å². The van der Waals surface area contributed by atoms with Crippen LogP contribution in [0.4, 0.5) is 13.2 Å². The first-order valence-electron chi connectivity index (χ1n) is 10.3. The summed E-state index contributed by atoms with van der Waals surface area (Å²) in [6, 6.07) is 5.25. The van der Waals surface area contributed by atoms with Crippen LogP contribution in [-0.4, -0.2) is 56.6 Å². The Hall–Kier alpha value is -2.37. The summed E-state index contributed by atoms with van der Waals surface area (Å²) in [7, 11) is 1.90. The first kappa shape index (κ1) is 22.8. The number of thioether (sulfide) groups is 1. The average molecular weight is 468 g/mol. The lowest BCUT2D eigenvalue weighted by atomic mass is 10.1. The first-order valence-corrected chi connectivity index (χ1v) is 11.2. The van der Waals surface area contributed by atoms with Gasteiger partial charge in [-0.2, -0.15) is 13.2 Å². The van der Waals surface area contributed by atoms with Crippen molar-refractivity contribution in [1.82, 2.24) is 24.6 Å². The van der Waals surface area contributed by atoms with E-state index in [1.807, 2.05) is 18.5 Å². The maximum atomic E-state index is 12.8. The van der Waals surface area contributed by atoms with Crippen LogP contribution in [0.5, 0.6) is 0 Å². The van der Waals surface area contributed by atoms with Crippen LogP contribution < -0.4 is 0 Å². The molecule has 0 bridgehead atoms. The molecule has 3 heterocycles. The quantitative estimate of drug-likeness (QED) is 0.378. The molecule has 2 aromatic heterocycles. The third-order valence-corrected chi connectivity index (χ3v) is 6.50. The summed E-state index contributed by atoms with van der Waals surface area (Å²) in [5.74, 6) is 2.13. The van der Waals surface area contributed by atoms with Crippen LogP contribution in [0.25, 0.3) is 11.6 Å². The van der Waals surface area contributed by atoms with E-state index < -0.39 is 11.7 Å². The summed E-state index contributed by atoms with van der Waals surface area (Å²) in [5, 5.41) is 9.27. The third-order valence-electron chi connectivity index (χ3n) is 5.39. The molecule has 11 heteroatoms. The molecule has 0 amide bonds. The van der Waals surface area contributed by atoms with Crippen LogP contribution in [0.3, 0.4) is 0 Å². The van der Waals surface area contributed by atoms with Gasteiger partial charge in [-0.1, -0.05) is 23.9 Å². The number of halogens is 3. The number of benzene rings is 1. The molecule has 1 atom stereocenters. The van der Waals surface area contributed by atoms with E-state index >= 15 is 0 Å². The van der Waals surface area contributed by atoms with Crippen LogP contribution in [-0.2, 0) is 18.0 Å². The second-order valence-electron chi connectivity index (χ2n) is 7.61. The zero-order chi connectivity index (χ0) is 22.7. The van der Waals surface area contributed by atoms with Gasteiger partial charge in [0.1, 0.15) is 0 Å². The van der Waals surface area contributed by atoms with Crippen molar-refractivity contribution < 1.29 is 22.3 Å². The van der Waals surface area contributed by atoms with Crippen molar-refractivity contribution in [3.05, 3.63) is 47.5 Å². The van der Waals surface area contributed by atoms with Gasteiger partial charge in [0.2, 0.25) is 5.82 Å². The highest BCUT2D eigenvalue weighted by atomic mass is 32.2. The van der Waals surface area contributed by atoms with Gasteiger partial charge in [0, 0.05) is 25.9 Å². The van der Waals surface area contributed by atoms with E-state index in [-0.39, 0.29) is 6.10 Å². The van der Waals surface area contributed by atoms with E-state index in [0.717, 1.165) is 53.8 Å². The lowest BCUT2D eigenvalue weighted by Gasteiger charge is -2.33. The highest BCUT2D eigenvalue weighted by Crippen LogP contribution is 2.31. The average Bonchev–Trinajstić information content (AvgIpc) is 3.36. The predicted octanol–water partition coefficient (Wildman–Crippen LogP) is 4.35. The molecule has 1 aliphatic rings. The summed E-state index contributed by atoms with van der Waals surface area (Å²) in [5.41, 5.74) is 0.898.